The molecule has 1 fully saturated rings. The fourth-order valence-electron chi connectivity index (χ4n) is 2.36. The zero-order valence-corrected chi connectivity index (χ0v) is 13.8. The van der Waals surface area contributed by atoms with E-state index in [1.54, 1.807) is 14.2 Å². The Balaban J connectivity index is 2.15. The van der Waals surface area contributed by atoms with Crippen LogP contribution in [0.4, 0.5) is 13.2 Å². The van der Waals surface area contributed by atoms with E-state index < -0.39 is 12.7 Å². The first-order chi connectivity index (χ1) is 10.9. The predicted molar refractivity (Wildman–Crippen MR) is 82.7 cm³/mol. The number of ether oxygens (including phenoxy) is 2. The van der Waals surface area contributed by atoms with Crippen LogP contribution >= 0.6 is 0 Å². The molecule has 6 nitrogen and oxygen atoms in total. The van der Waals surface area contributed by atoms with E-state index in [1.165, 1.54) is 4.90 Å². The van der Waals surface area contributed by atoms with Gasteiger partial charge in [-0.05, 0) is 12.8 Å². The van der Waals surface area contributed by atoms with Crippen molar-refractivity contribution in [2.75, 3.05) is 60.2 Å². The van der Waals surface area contributed by atoms with Crippen molar-refractivity contribution in [3.8, 4) is 0 Å². The molecule has 2 N–H and O–H groups in total. The Morgan fingerprint density at radius 2 is 2.09 bits per heavy atom. The number of aliphatic imine (C=N–C) groups is 1. The maximum absolute atomic E-state index is 12.4. The van der Waals surface area contributed by atoms with Crippen LogP contribution in [-0.4, -0.2) is 83.2 Å². The summed E-state index contributed by atoms with van der Waals surface area (Å²) in [6, 6.07) is -0.0125. The van der Waals surface area contributed by atoms with Crippen LogP contribution in [0.3, 0.4) is 0 Å². The van der Waals surface area contributed by atoms with Gasteiger partial charge in [0.05, 0.1) is 19.8 Å². The monoisotopic (exact) mass is 340 g/mol. The average molecular weight is 340 g/mol. The molecule has 0 saturated carbocycles. The van der Waals surface area contributed by atoms with Gasteiger partial charge in [-0.3, -0.25) is 9.89 Å². The fourth-order valence-corrected chi connectivity index (χ4v) is 2.36. The van der Waals surface area contributed by atoms with Gasteiger partial charge in [0.1, 0.15) is 0 Å². The molecule has 23 heavy (non-hydrogen) atoms. The van der Waals surface area contributed by atoms with E-state index in [9.17, 15) is 13.2 Å². The van der Waals surface area contributed by atoms with Gasteiger partial charge in [-0.1, -0.05) is 0 Å². The van der Waals surface area contributed by atoms with E-state index in [-0.39, 0.29) is 6.04 Å². The van der Waals surface area contributed by atoms with Gasteiger partial charge in [0.15, 0.2) is 5.96 Å². The Bertz CT molecular complexity index is 353. The second-order valence-corrected chi connectivity index (χ2v) is 5.44. The molecule has 1 heterocycles. The predicted octanol–water partition coefficient (Wildman–Crippen LogP) is 0.841. The lowest BCUT2D eigenvalue weighted by atomic mass is 10.3. The summed E-state index contributed by atoms with van der Waals surface area (Å²) in [5.41, 5.74) is 0. The molecule has 1 atom stereocenters. The van der Waals surface area contributed by atoms with Crippen molar-refractivity contribution < 1.29 is 22.6 Å². The first-order valence-corrected chi connectivity index (χ1v) is 7.77. The lowest BCUT2D eigenvalue weighted by Gasteiger charge is -2.19. The zero-order chi connectivity index (χ0) is 17.1. The highest BCUT2D eigenvalue weighted by Gasteiger charge is 2.34. The van der Waals surface area contributed by atoms with Gasteiger partial charge < -0.3 is 20.1 Å². The van der Waals surface area contributed by atoms with Crippen LogP contribution in [0.15, 0.2) is 4.99 Å². The van der Waals surface area contributed by atoms with Gasteiger partial charge in [-0.25, -0.2) is 0 Å². The van der Waals surface area contributed by atoms with Crippen LogP contribution in [0.5, 0.6) is 0 Å². The molecule has 0 bridgehead atoms. The van der Waals surface area contributed by atoms with Gasteiger partial charge in [0, 0.05) is 46.4 Å². The van der Waals surface area contributed by atoms with Crippen LogP contribution in [-0.2, 0) is 9.47 Å². The molecule has 0 aromatic carbocycles. The number of halogens is 3. The molecule has 0 spiro atoms. The molecule has 0 aromatic heterocycles. The van der Waals surface area contributed by atoms with Crippen molar-refractivity contribution in [1.29, 1.82) is 0 Å². The molecule has 1 aliphatic rings. The largest absolute Gasteiger partial charge is 0.401 e. The number of hydrogen-bond donors (Lipinski definition) is 2. The van der Waals surface area contributed by atoms with E-state index in [1.807, 2.05) is 0 Å². The molecular formula is C14H27F3N4O2. The minimum absolute atomic E-state index is 0.0125. The van der Waals surface area contributed by atoms with E-state index in [0.717, 1.165) is 6.42 Å². The molecule has 0 aliphatic carbocycles. The molecule has 1 saturated heterocycles. The summed E-state index contributed by atoms with van der Waals surface area (Å²) < 4.78 is 47.3. The summed E-state index contributed by atoms with van der Waals surface area (Å²) >= 11 is 0. The number of hydrogen-bond acceptors (Lipinski definition) is 4. The molecule has 0 radical (unpaired) electrons. The smallest absolute Gasteiger partial charge is 0.382 e. The van der Waals surface area contributed by atoms with Crippen LogP contribution in [0, 0.1) is 0 Å². The zero-order valence-electron chi connectivity index (χ0n) is 13.8. The Morgan fingerprint density at radius 3 is 2.74 bits per heavy atom. The lowest BCUT2D eigenvalue weighted by molar-refractivity contribution is -0.143. The third-order valence-corrected chi connectivity index (χ3v) is 3.43. The van der Waals surface area contributed by atoms with Crippen LogP contribution < -0.4 is 10.6 Å². The fraction of sp³-hybridized carbons (Fsp3) is 0.929. The highest BCUT2D eigenvalue weighted by Crippen LogP contribution is 2.19. The SMILES string of the molecule is CN=C(NCCCOCCOC)NC1CCN(CC(F)(F)F)C1. The summed E-state index contributed by atoms with van der Waals surface area (Å²) in [6.45, 7) is 2.42. The average Bonchev–Trinajstić information content (AvgIpc) is 2.90. The second kappa shape index (κ2) is 10.7. The maximum atomic E-state index is 12.4. The van der Waals surface area contributed by atoms with Crippen molar-refractivity contribution in [3.63, 3.8) is 0 Å². The lowest BCUT2D eigenvalue weighted by Crippen LogP contribution is -2.45. The number of methoxy groups -OCH3 is 1. The van der Waals surface area contributed by atoms with Crippen molar-refractivity contribution in [2.45, 2.75) is 25.1 Å². The maximum Gasteiger partial charge on any atom is 0.401 e. The Labute approximate surface area is 135 Å². The molecule has 1 rings (SSSR count). The van der Waals surface area contributed by atoms with Gasteiger partial charge in [0.2, 0.25) is 0 Å². The number of nitrogens with one attached hydrogen (secondary N) is 2. The normalized spacial score (nSPS) is 20.0. The molecule has 0 aromatic rings. The Hall–Kier alpha value is -1.06. The topological polar surface area (TPSA) is 58.1 Å². The first-order valence-electron chi connectivity index (χ1n) is 7.77. The quantitative estimate of drug-likeness (QED) is 0.370. The highest BCUT2D eigenvalue weighted by molar-refractivity contribution is 5.79. The minimum atomic E-state index is -4.14. The number of likely N-dealkylation sites (tertiary alicyclic amines) is 1. The van der Waals surface area contributed by atoms with Gasteiger partial charge >= 0.3 is 6.18 Å². The first kappa shape index (κ1) is 20.0. The Kier molecular flexibility index (Phi) is 9.27. The van der Waals surface area contributed by atoms with E-state index >= 15 is 0 Å². The third kappa shape index (κ3) is 9.62. The number of nitrogens with zero attached hydrogens (tertiary/aromatic N) is 2. The molecule has 1 unspecified atom stereocenters. The van der Waals surface area contributed by atoms with Crippen molar-refractivity contribution >= 4 is 5.96 Å². The number of guanidine groups is 1. The van der Waals surface area contributed by atoms with Crippen LogP contribution in [0.1, 0.15) is 12.8 Å². The van der Waals surface area contributed by atoms with E-state index in [4.69, 9.17) is 9.47 Å². The Morgan fingerprint density at radius 1 is 1.30 bits per heavy atom. The van der Waals surface area contributed by atoms with Gasteiger partial charge in [0.25, 0.3) is 0 Å². The van der Waals surface area contributed by atoms with E-state index in [0.29, 0.717) is 51.8 Å². The standard InChI is InChI=1S/C14H27F3N4O2/c1-18-13(19-5-3-7-23-9-8-22-2)20-12-4-6-21(10-12)11-14(15,16)17/h12H,3-11H2,1-2H3,(H2,18,19,20). The summed E-state index contributed by atoms with van der Waals surface area (Å²) in [4.78, 5) is 5.50. The van der Waals surface area contributed by atoms with Gasteiger partial charge in [-0.15, -0.1) is 0 Å². The minimum Gasteiger partial charge on any atom is -0.382 e. The van der Waals surface area contributed by atoms with E-state index in [2.05, 4.69) is 15.6 Å². The summed E-state index contributed by atoms with van der Waals surface area (Å²) in [7, 11) is 3.27. The van der Waals surface area contributed by atoms with Gasteiger partial charge in [-0.2, -0.15) is 13.2 Å². The molecule has 1 aliphatic heterocycles. The highest BCUT2D eigenvalue weighted by atomic mass is 19.4. The van der Waals surface area contributed by atoms with Crippen molar-refractivity contribution in [3.05, 3.63) is 0 Å². The van der Waals surface area contributed by atoms with Crippen LogP contribution in [0.25, 0.3) is 0 Å². The number of alkyl halides is 3. The third-order valence-electron chi connectivity index (χ3n) is 3.43. The molecule has 136 valence electrons. The number of rotatable bonds is 9. The molecule has 0 amide bonds. The molecule has 9 heteroatoms. The van der Waals surface area contributed by atoms with Crippen LogP contribution in [0.2, 0.25) is 0 Å². The van der Waals surface area contributed by atoms with Crippen molar-refractivity contribution in [1.82, 2.24) is 15.5 Å². The summed E-state index contributed by atoms with van der Waals surface area (Å²) in [6.07, 6.45) is -2.65. The van der Waals surface area contributed by atoms with Crippen molar-refractivity contribution in [2.24, 2.45) is 4.99 Å². The summed E-state index contributed by atoms with van der Waals surface area (Å²) in [5.74, 6) is 0.612. The second-order valence-electron chi connectivity index (χ2n) is 5.44. The molecular weight excluding hydrogens is 313 g/mol. The summed E-state index contributed by atoms with van der Waals surface area (Å²) in [5, 5.41) is 6.30.